The number of carbonyl (C=O) groups is 1. The lowest BCUT2D eigenvalue weighted by atomic mass is 10.2. The lowest BCUT2D eigenvalue weighted by Gasteiger charge is -2.03. The first-order chi connectivity index (χ1) is 11.2. The van der Waals surface area contributed by atoms with Crippen molar-refractivity contribution in [2.24, 2.45) is 5.73 Å². The molecule has 1 aromatic carbocycles. The van der Waals surface area contributed by atoms with E-state index in [2.05, 4.69) is 15.5 Å². The first kappa shape index (κ1) is 20.1. The van der Waals surface area contributed by atoms with Gasteiger partial charge in [0.25, 0.3) is 0 Å². The molecule has 0 fully saturated rings. The fraction of sp³-hybridized carbons (Fsp3) is 0.438. The zero-order valence-electron chi connectivity index (χ0n) is 13.3. The third-order valence-electron chi connectivity index (χ3n) is 3.32. The van der Waals surface area contributed by atoms with Gasteiger partial charge in [0.05, 0.1) is 0 Å². The van der Waals surface area contributed by atoms with E-state index in [0.717, 1.165) is 12.8 Å². The smallest absolute Gasteiger partial charge is 0.226 e. The Balaban J connectivity index is 0.00000288. The van der Waals surface area contributed by atoms with E-state index in [4.69, 9.17) is 10.3 Å². The number of aryl methyl sites for hydroxylation is 1. The Morgan fingerprint density at radius 1 is 1.21 bits per heavy atom. The molecule has 0 radical (unpaired) electrons. The van der Waals surface area contributed by atoms with Crippen LogP contribution in [0.25, 0.3) is 11.4 Å². The zero-order valence-corrected chi connectivity index (χ0v) is 14.2. The monoisotopic (exact) mass is 356 g/mol. The van der Waals surface area contributed by atoms with Crippen LogP contribution < -0.4 is 11.1 Å². The predicted molar refractivity (Wildman–Crippen MR) is 91.2 cm³/mol. The molecule has 0 aliphatic carbocycles. The molecule has 2 rings (SSSR count). The second-order valence-corrected chi connectivity index (χ2v) is 5.22. The van der Waals surface area contributed by atoms with E-state index in [9.17, 15) is 9.18 Å². The third-order valence-corrected chi connectivity index (χ3v) is 3.32. The molecule has 24 heavy (non-hydrogen) atoms. The van der Waals surface area contributed by atoms with E-state index >= 15 is 0 Å². The average molecular weight is 357 g/mol. The Hall–Kier alpha value is -1.99. The highest BCUT2D eigenvalue weighted by Gasteiger charge is 2.09. The second-order valence-electron chi connectivity index (χ2n) is 5.22. The Morgan fingerprint density at radius 2 is 1.96 bits per heavy atom. The summed E-state index contributed by atoms with van der Waals surface area (Å²) >= 11 is 0. The summed E-state index contributed by atoms with van der Waals surface area (Å²) in [6, 6.07) is 5.89. The number of nitrogens with two attached hydrogens (primary N) is 1. The Kier molecular flexibility index (Phi) is 8.96. The molecule has 0 spiro atoms. The minimum absolute atomic E-state index is 0. The van der Waals surface area contributed by atoms with Crippen molar-refractivity contribution in [3.05, 3.63) is 36.0 Å². The van der Waals surface area contributed by atoms with Crippen LogP contribution >= 0.6 is 12.4 Å². The van der Waals surface area contributed by atoms with Crippen molar-refractivity contribution >= 4 is 18.3 Å². The molecule has 1 aromatic heterocycles. The molecule has 2 aromatic rings. The predicted octanol–water partition coefficient (Wildman–Crippen LogP) is 2.48. The molecule has 3 N–H and O–H groups in total. The first-order valence-corrected chi connectivity index (χ1v) is 7.74. The number of benzene rings is 1. The normalized spacial score (nSPS) is 10.2. The maximum Gasteiger partial charge on any atom is 0.226 e. The standard InChI is InChI=1S/C16H21FN4O2.ClH/c17-13-8-6-12(7-9-13)16-20-15(23-21-16)5-3-4-14(22)19-11-2-1-10-18;/h6-9H,1-5,10-11,18H2,(H,19,22);1H. The molecule has 1 amide bonds. The summed E-state index contributed by atoms with van der Waals surface area (Å²) in [4.78, 5) is 15.9. The SMILES string of the molecule is Cl.NCCCCNC(=O)CCCc1nc(-c2ccc(F)cc2)no1. The molecule has 1 heterocycles. The van der Waals surface area contributed by atoms with Gasteiger partial charge in [-0.2, -0.15) is 4.98 Å². The Morgan fingerprint density at radius 3 is 2.67 bits per heavy atom. The lowest BCUT2D eigenvalue weighted by Crippen LogP contribution is -2.24. The van der Waals surface area contributed by atoms with E-state index in [-0.39, 0.29) is 24.1 Å². The van der Waals surface area contributed by atoms with Crippen molar-refractivity contribution in [2.45, 2.75) is 32.1 Å². The molecule has 0 bridgehead atoms. The lowest BCUT2D eigenvalue weighted by molar-refractivity contribution is -0.121. The van der Waals surface area contributed by atoms with Gasteiger partial charge < -0.3 is 15.6 Å². The van der Waals surface area contributed by atoms with Crippen LogP contribution in [0.5, 0.6) is 0 Å². The van der Waals surface area contributed by atoms with Crippen LogP contribution in [0.1, 0.15) is 31.6 Å². The summed E-state index contributed by atoms with van der Waals surface area (Å²) in [7, 11) is 0. The topological polar surface area (TPSA) is 94.0 Å². The molecule has 0 aliphatic heterocycles. The van der Waals surface area contributed by atoms with Gasteiger partial charge in [-0.1, -0.05) is 5.16 Å². The van der Waals surface area contributed by atoms with Gasteiger partial charge in [0, 0.05) is 24.9 Å². The average Bonchev–Trinajstić information content (AvgIpc) is 3.01. The number of nitrogens with zero attached hydrogens (tertiary/aromatic N) is 2. The third kappa shape index (κ3) is 6.64. The molecular weight excluding hydrogens is 335 g/mol. The maximum absolute atomic E-state index is 12.9. The highest BCUT2D eigenvalue weighted by atomic mass is 35.5. The van der Waals surface area contributed by atoms with Crippen molar-refractivity contribution in [2.75, 3.05) is 13.1 Å². The summed E-state index contributed by atoms with van der Waals surface area (Å²) in [6.45, 7) is 1.30. The van der Waals surface area contributed by atoms with Gasteiger partial charge in [-0.25, -0.2) is 4.39 Å². The van der Waals surface area contributed by atoms with Crippen LogP contribution in [0.4, 0.5) is 4.39 Å². The van der Waals surface area contributed by atoms with Crippen LogP contribution in [-0.4, -0.2) is 29.1 Å². The highest BCUT2D eigenvalue weighted by Crippen LogP contribution is 2.16. The van der Waals surface area contributed by atoms with Crippen molar-refractivity contribution in [1.29, 1.82) is 0 Å². The maximum atomic E-state index is 12.9. The first-order valence-electron chi connectivity index (χ1n) is 7.74. The summed E-state index contributed by atoms with van der Waals surface area (Å²) in [5, 5.41) is 6.71. The van der Waals surface area contributed by atoms with E-state index in [1.165, 1.54) is 12.1 Å². The van der Waals surface area contributed by atoms with Crippen molar-refractivity contribution in [3.8, 4) is 11.4 Å². The summed E-state index contributed by atoms with van der Waals surface area (Å²) in [5.74, 6) is 0.599. The number of unbranched alkanes of at least 4 members (excludes halogenated alkanes) is 1. The van der Waals surface area contributed by atoms with Crippen LogP contribution in [0.3, 0.4) is 0 Å². The number of halogens is 2. The number of hydrogen-bond donors (Lipinski definition) is 2. The number of rotatable bonds is 9. The van der Waals surface area contributed by atoms with E-state index < -0.39 is 0 Å². The molecule has 0 unspecified atom stereocenters. The fourth-order valence-corrected chi connectivity index (χ4v) is 2.06. The van der Waals surface area contributed by atoms with E-state index in [1.807, 2.05) is 0 Å². The van der Waals surface area contributed by atoms with Crippen LogP contribution in [-0.2, 0) is 11.2 Å². The van der Waals surface area contributed by atoms with Gasteiger partial charge in [0.15, 0.2) is 0 Å². The second kappa shape index (κ2) is 10.7. The molecule has 6 nitrogen and oxygen atoms in total. The van der Waals surface area contributed by atoms with Gasteiger partial charge in [-0.3, -0.25) is 4.79 Å². The molecule has 0 aliphatic rings. The molecule has 132 valence electrons. The van der Waals surface area contributed by atoms with Crippen molar-refractivity contribution in [3.63, 3.8) is 0 Å². The van der Waals surface area contributed by atoms with E-state index in [0.29, 0.717) is 49.6 Å². The van der Waals surface area contributed by atoms with Gasteiger partial charge in [-0.15, -0.1) is 12.4 Å². The number of hydrogen-bond acceptors (Lipinski definition) is 5. The van der Waals surface area contributed by atoms with Crippen LogP contribution in [0.15, 0.2) is 28.8 Å². The van der Waals surface area contributed by atoms with Gasteiger partial charge >= 0.3 is 0 Å². The number of amides is 1. The summed E-state index contributed by atoms with van der Waals surface area (Å²) in [5.41, 5.74) is 6.08. The minimum atomic E-state index is -0.310. The Bertz CT molecular complexity index is 619. The van der Waals surface area contributed by atoms with Crippen molar-refractivity contribution < 1.29 is 13.7 Å². The van der Waals surface area contributed by atoms with Crippen LogP contribution in [0.2, 0.25) is 0 Å². The zero-order chi connectivity index (χ0) is 16.5. The quantitative estimate of drug-likeness (QED) is 0.673. The summed E-state index contributed by atoms with van der Waals surface area (Å²) in [6.07, 6.45) is 3.39. The van der Waals surface area contributed by atoms with E-state index in [1.54, 1.807) is 12.1 Å². The molecule has 0 saturated heterocycles. The van der Waals surface area contributed by atoms with Gasteiger partial charge in [0.1, 0.15) is 5.82 Å². The highest BCUT2D eigenvalue weighted by molar-refractivity contribution is 5.85. The van der Waals surface area contributed by atoms with Gasteiger partial charge in [0.2, 0.25) is 17.6 Å². The van der Waals surface area contributed by atoms with Gasteiger partial charge in [-0.05, 0) is 50.1 Å². The van der Waals surface area contributed by atoms with Crippen LogP contribution in [0, 0.1) is 5.82 Å². The minimum Gasteiger partial charge on any atom is -0.356 e. The molecule has 0 saturated carbocycles. The Labute approximate surface area is 146 Å². The molecule has 8 heteroatoms. The van der Waals surface area contributed by atoms with Crippen molar-refractivity contribution in [1.82, 2.24) is 15.5 Å². The largest absolute Gasteiger partial charge is 0.356 e. The summed E-state index contributed by atoms with van der Waals surface area (Å²) < 4.78 is 18.0. The number of nitrogens with one attached hydrogen (secondary N) is 1. The fourth-order valence-electron chi connectivity index (χ4n) is 2.06. The molecule has 0 atom stereocenters. The number of aromatic nitrogens is 2. The molecular formula is C16H22ClFN4O2. The number of carbonyl (C=O) groups excluding carboxylic acids is 1.